The Labute approximate surface area is 153 Å². The molecule has 24 heavy (non-hydrogen) atoms. The lowest BCUT2D eigenvalue weighted by Crippen LogP contribution is -1.86. The van der Waals surface area contributed by atoms with Crippen LogP contribution in [0.4, 0.5) is 0 Å². The second-order valence-electron chi connectivity index (χ2n) is 5.52. The van der Waals surface area contributed by atoms with E-state index >= 15 is 0 Å². The van der Waals surface area contributed by atoms with E-state index in [1.165, 1.54) is 29.0 Å². The molecule has 0 saturated heterocycles. The van der Waals surface area contributed by atoms with Crippen molar-refractivity contribution in [1.82, 2.24) is 0 Å². The first-order valence-electron chi connectivity index (χ1n) is 9.58. The van der Waals surface area contributed by atoms with Crippen molar-refractivity contribution in [2.75, 3.05) is 0 Å². The third kappa shape index (κ3) is 17.0. The van der Waals surface area contributed by atoms with Crippen LogP contribution in [0.3, 0.4) is 0 Å². The number of hydrogen-bond donors (Lipinski definition) is 0. The Morgan fingerprint density at radius 3 is 1.88 bits per heavy atom. The zero-order chi connectivity index (χ0) is 19.4. The SMILES string of the molecule is C/C=C\C.C/C=C\C1=NC(CC/C(C)=C/C)=C(C)C1.CC.CCC. The first kappa shape index (κ1) is 27.5. The third-order valence-electron chi connectivity index (χ3n) is 3.16. The molecule has 1 aliphatic rings. The highest BCUT2D eigenvalue weighted by Gasteiger charge is 2.11. The highest BCUT2D eigenvalue weighted by molar-refractivity contribution is 5.99. The topological polar surface area (TPSA) is 12.4 Å². The predicted molar refractivity (Wildman–Crippen MR) is 116 cm³/mol. The van der Waals surface area contributed by atoms with Gasteiger partial charge in [0.2, 0.25) is 0 Å². The Morgan fingerprint density at radius 2 is 1.50 bits per heavy atom. The van der Waals surface area contributed by atoms with Crippen LogP contribution in [0, 0.1) is 0 Å². The molecule has 0 aromatic heterocycles. The summed E-state index contributed by atoms with van der Waals surface area (Å²) in [5, 5.41) is 0. The minimum Gasteiger partial charge on any atom is -0.258 e. The van der Waals surface area contributed by atoms with Gasteiger partial charge < -0.3 is 0 Å². The van der Waals surface area contributed by atoms with E-state index in [1.807, 2.05) is 46.8 Å². The molecule has 1 heterocycles. The molecule has 0 aromatic carbocycles. The van der Waals surface area contributed by atoms with Gasteiger partial charge in [0.1, 0.15) is 0 Å². The highest BCUT2D eigenvalue weighted by Crippen LogP contribution is 2.25. The molecule has 1 aliphatic heterocycles. The fourth-order valence-electron chi connectivity index (χ4n) is 1.70. The fourth-order valence-corrected chi connectivity index (χ4v) is 1.70. The second-order valence-corrected chi connectivity index (χ2v) is 5.52. The summed E-state index contributed by atoms with van der Waals surface area (Å²) in [7, 11) is 0. The smallest absolute Gasteiger partial charge is 0.0444 e. The van der Waals surface area contributed by atoms with Gasteiger partial charge in [0.15, 0.2) is 0 Å². The lowest BCUT2D eigenvalue weighted by atomic mass is 10.1. The van der Waals surface area contributed by atoms with Crippen LogP contribution in [0.2, 0.25) is 0 Å². The van der Waals surface area contributed by atoms with Crippen LogP contribution < -0.4 is 0 Å². The van der Waals surface area contributed by atoms with Crippen molar-refractivity contribution in [2.24, 2.45) is 4.99 Å². The van der Waals surface area contributed by atoms with Crippen LogP contribution in [0.15, 0.2) is 52.2 Å². The molecule has 0 spiro atoms. The van der Waals surface area contributed by atoms with Gasteiger partial charge in [0.25, 0.3) is 0 Å². The quantitative estimate of drug-likeness (QED) is 0.457. The van der Waals surface area contributed by atoms with Crippen LogP contribution in [-0.2, 0) is 0 Å². The zero-order valence-corrected chi connectivity index (χ0v) is 18.2. The van der Waals surface area contributed by atoms with Crippen LogP contribution in [0.5, 0.6) is 0 Å². The maximum absolute atomic E-state index is 4.65. The van der Waals surface area contributed by atoms with E-state index in [2.05, 4.69) is 57.8 Å². The summed E-state index contributed by atoms with van der Waals surface area (Å²) in [6, 6.07) is 0. The van der Waals surface area contributed by atoms with E-state index in [1.54, 1.807) is 0 Å². The zero-order valence-electron chi connectivity index (χ0n) is 18.2. The monoisotopic (exact) mass is 333 g/mol. The van der Waals surface area contributed by atoms with E-state index in [0.717, 1.165) is 19.3 Å². The van der Waals surface area contributed by atoms with Crippen molar-refractivity contribution in [3.05, 3.63) is 47.2 Å². The van der Waals surface area contributed by atoms with Gasteiger partial charge in [-0.15, -0.1) is 0 Å². The number of rotatable bonds is 4. The molecule has 1 heteroatoms. The third-order valence-corrected chi connectivity index (χ3v) is 3.16. The predicted octanol–water partition coefficient (Wildman–Crippen LogP) is 8.45. The summed E-state index contributed by atoms with van der Waals surface area (Å²) in [5.74, 6) is 0. The Bertz CT molecular complexity index is 413. The summed E-state index contributed by atoms with van der Waals surface area (Å²) >= 11 is 0. The maximum Gasteiger partial charge on any atom is 0.0444 e. The highest BCUT2D eigenvalue weighted by atomic mass is 14.8. The summed E-state index contributed by atoms with van der Waals surface area (Å²) in [6.07, 6.45) is 14.9. The Morgan fingerprint density at radius 1 is 1.00 bits per heavy atom. The number of aliphatic imine (C=N–C) groups is 1. The van der Waals surface area contributed by atoms with Crippen molar-refractivity contribution >= 4 is 5.71 Å². The molecule has 0 amide bonds. The van der Waals surface area contributed by atoms with Crippen molar-refractivity contribution < 1.29 is 0 Å². The minimum atomic E-state index is 1.04. The van der Waals surface area contributed by atoms with Gasteiger partial charge in [-0.05, 0) is 66.0 Å². The molecule has 0 atom stereocenters. The van der Waals surface area contributed by atoms with Gasteiger partial charge in [-0.2, -0.15) is 0 Å². The lowest BCUT2D eigenvalue weighted by Gasteiger charge is -2.01. The molecule has 0 N–H and O–H groups in total. The molecular weight excluding hydrogens is 290 g/mol. The molecule has 0 unspecified atom stereocenters. The number of allylic oxidation sites excluding steroid dienone is 8. The van der Waals surface area contributed by atoms with E-state index < -0.39 is 0 Å². The molecule has 0 saturated carbocycles. The Hall–Kier alpha value is -1.37. The van der Waals surface area contributed by atoms with Crippen molar-refractivity contribution in [2.45, 2.75) is 94.9 Å². The molecule has 0 radical (unpaired) electrons. The van der Waals surface area contributed by atoms with Crippen molar-refractivity contribution in [1.29, 1.82) is 0 Å². The summed E-state index contributed by atoms with van der Waals surface area (Å²) in [4.78, 5) is 4.65. The van der Waals surface area contributed by atoms with Gasteiger partial charge >= 0.3 is 0 Å². The number of nitrogens with zero attached hydrogens (tertiary/aromatic N) is 1. The van der Waals surface area contributed by atoms with E-state index in [4.69, 9.17) is 0 Å². The van der Waals surface area contributed by atoms with E-state index in [-0.39, 0.29) is 0 Å². The van der Waals surface area contributed by atoms with Crippen LogP contribution in [-0.4, -0.2) is 5.71 Å². The standard InChI is InChI=1S/C14H21N.C4H8.C3H8.C2H6/c1-5-7-13-10-12(4)14(15-13)9-8-11(3)6-2;1-3-4-2;1-3-2;1-2/h5-7H,8-10H2,1-4H3;3-4H,1-2H3;3H2,1-2H3;1-2H3/b7-5-,11-6+;4-3-;;. The Kier molecular flexibility index (Phi) is 24.8. The van der Waals surface area contributed by atoms with Crippen molar-refractivity contribution in [3.63, 3.8) is 0 Å². The molecule has 1 rings (SSSR count). The minimum absolute atomic E-state index is 1.04. The molecule has 140 valence electrons. The Balaban J connectivity index is -0.000000411. The largest absolute Gasteiger partial charge is 0.258 e. The van der Waals surface area contributed by atoms with Crippen LogP contribution in [0.25, 0.3) is 0 Å². The molecule has 1 nitrogen and oxygen atoms in total. The summed E-state index contributed by atoms with van der Waals surface area (Å²) in [6.45, 7) is 20.8. The maximum atomic E-state index is 4.65. The van der Waals surface area contributed by atoms with Gasteiger partial charge in [-0.1, -0.05) is 64.0 Å². The first-order valence-corrected chi connectivity index (χ1v) is 9.58. The molecule has 0 bridgehead atoms. The van der Waals surface area contributed by atoms with Crippen molar-refractivity contribution in [3.8, 4) is 0 Å². The number of hydrogen-bond acceptors (Lipinski definition) is 1. The van der Waals surface area contributed by atoms with Crippen LogP contribution >= 0.6 is 0 Å². The fraction of sp³-hybridized carbons (Fsp3) is 0.609. The summed E-state index contributed by atoms with van der Waals surface area (Å²) in [5.41, 5.74) is 5.39. The molecule has 0 fully saturated rings. The van der Waals surface area contributed by atoms with Gasteiger partial charge in [-0.3, -0.25) is 4.99 Å². The second kappa shape index (κ2) is 21.6. The lowest BCUT2D eigenvalue weighted by molar-refractivity contribution is 0.901. The van der Waals surface area contributed by atoms with Gasteiger partial charge in [0.05, 0.1) is 0 Å². The van der Waals surface area contributed by atoms with Gasteiger partial charge in [-0.25, -0.2) is 0 Å². The molecular formula is C23H43N. The normalized spacial score (nSPS) is 13.8. The average Bonchev–Trinajstić information content (AvgIpc) is 2.95. The van der Waals surface area contributed by atoms with Gasteiger partial charge in [0, 0.05) is 17.8 Å². The van der Waals surface area contributed by atoms with E-state index in [0.29, 0.717) is 0 Å². The van der Waals surface area contributed by atoms with Crippen LogP contribution in [0.1, 0.15) is 94.9 Å². The molecule has 0 aromatic rings. The van der Waals surface area contributed by atoms with E-state index in [9.17, 15) is 0 Å². The summed E-state index contributed by atoms with van der Waals surface area (Å²) < 4.78 is 0. The first-order chi connectivity index (χ1) is 11.5. The molecule has 0 aliphatic carbocycles. The average molecular weight is 334 g/mol.